The highest BCUT2D eigenvalue weighted by molar-refractivity contribution is 7.90. The predicted molar refractivity (Wildman–Crippen MR) is 65.3 cm³/mol. The van der Waals surface area contributed by atoms with Crippen molar-refractivity contribution >= 4 is 15.9 Å². The quantitative estimate of drug-likeness (QED) is 0.720. The fraction of sp³-hybridized carbons (Fsp3) is 0.400. The number of hydrogen-bond donors (Lipinski definition) is 3. The number of benzene rings is 1. The summed E-state index contributed by atoms with van der Waals surface area (Å²) in [6.45, 7) is 4.89. The minimum absolute atomic E-state index is 0.173. The third-order valence-electron chi connectivity index (χ3n) is 2.16. The van der Waals surface area contributed by atoms with Crippen molar-refractivity contribution in [1.29, 1.82) is 0 Å². The fourth-order valence-corrected chi connectivity index (χ4v) is 1.92. The molecular weight excluding hydrogens is 226 g/mol. The molecular formula is C10H17N3O2S. The van der Waals surface area contributed by atoms with Crippen LogP contribution in [0.2, 0.25) is 0 Å². The van der Waals surface area contributed by atoms with Gasteiger partial charge in [-0.1, -0.05) is 19.1 Å². The first-order chi connectivity index (χ1) is 7.42. The lowest BCUT2D eigenvalue weighted by molar-refractivity contribution is 0.597. The molecule has 0 fully saturated rings. The van der Waals surface area contributed by atoms with E-state index < -0.39 is 10.2 Å². The van der Waals surface area contributed by atoms with Crippen LogP contribution in [0.15, 0.2) is 24.3 Å². The van der Waals surface area contributed by atoms with Gasteiger partial charge in [0.15, 0.2) is 0 Å². The van der Waals surface area contributed by atoms with Crippen LogP contribution in [0.5, 0.6) is 0 Å². The number of hydrogen-bond acceptors (Lipinski definition) is 3. The smallest absolute Gasteiger partial charge is 0.296 e. The van der Waals surface area contributed by atoms with Gasteiger partial charge in [-0.3, -0.25) is 4.72 Å². The molecule has 1 rings (SSSR count). The lowest BCUT2D eigenvalue weighted by Crippen LogP contribution is -2.22. The van der Waals surface area contributed by atoms with E-state index in [0.29, 0.717) is 5.69 Å². The van der Waals surface area contributed by atoms with Gasteiger partial charge in [-0.2, -0.15) is 8.42 Å². The van der Waals surface area contributed by atoms with Crippen LogP contribution in [-0.2, 0) is 10.2 Å². The molecule has 0 heterocycles. The molecule has 0 aliphatic carbocycles. The molecule has 5 nitrogen and oxygen atoms in total. The Morgan fingerprint density at radius 1 is 1.44 bits per heavy atom. The monoisotopic (exact) mass is 243 g/mol. The minimum Gasteiger partial charge on any atom is -0.310 e. The Balaban J connectivity index is 2.86. The molecule has 90 valence electrons. The summed E-state index contributed by atoms with van der Waals surface area (Å²) >= 11 is 0. The van der Waals surface area contributed by atoms with Gasteiger partial charge >= 0.3 is 0 Å². The first-order valence-electron chi connectivity index (χ1n) is 5.06. The highest BCUT2D eigenvalue weighted by atomic mass is 32.2. The Morgan fingerprint density at radius 3 is 2.69 bits per heavy atom. The molecule has 6 heteroatoms. The van der Waals surface area contributed by atoms with Crippen LogP contribution in [0.1, 0.15) is 25.5 Å². The summed E-state index contributed by atoms with van der Waals surface area (Å²) in [4.78, 5) is 0. The third-order valence-corrected chi connectivity index (χ3v) is 2.68. The zero-order valence-electron chi connectivity index (χ0n) is 9.40. The average Bonchev–Trinajstić information content (AvgIpc) is 2.16. The van der Waals surface area contributed by atoms with Crippen molar-refractivity contribution in [2.75, 3.05) is 11.3 Å². The molecule has 0 saturated heterocycles. The molecule has 1 atom stereocenters. The molecule has 0 radical (unpaired) electrons. The summed E-state index contributed by atoms with van der Waals surface area (Å²) in [5.74, 6) is 0. The summed E-state index contributed by atoms with van der Waals surface area (Å²) in [6.07, 6.45) is 0. The standard InChI is InChI=1S/C10H17N3O2S/c1-3-12-8(2)9-5-4-6-10(7-9)13-16(11,14)15/h4-8,12-13H,3H2,1-2H3,(H2,11,14,15). The van der Waals surface area contributed by atoms with E-state index in [9.17, 15) is 8.42 Å². The molecule has 0 aliphatic rings. The van der Waals surface area contributed by atoms with Crippen molar-refractivity contribution in [2.45, 2.75) is 19.9 Å². The molecule has 0 spiro atoms. The number of anilines is 1. The highest BCUT2D eigenvalue weighted by Gasteiger charge is 2.06. The summed E-state index contributed by atoms with van der Waals surface area (Å²) in [5.41, 5.74) is 1.49. The van der Waals surface area contributed by atoms with Gasteiger partial charge in [-0.15, -0.1) is 0 Å². The minimum atomic E-state index is -3.70. The lowest BCUT2D eigenvalue weighted by Gasteiger charge is -2.14. The number of nitrogens with one attached hydrogen (secondary N) is 2. The molecule has 0 aromatic heterocycles. The fourth-order valence-electron chi connectivity index (χ4n) is 1.46. The van der Waals surface area contributed by atoms with Crippen LogP contribution in [0.25, 0.3) is 0 Å². The molecule has 1 aromatic carbocycles. The van der Waals surface area contributed by atoms with E-state index in [2.05, 4.69) is 10.0 Å². The first kappa shape index (κ1) is 13.0. The zero-order chi connectivity index (χ0) is 12.2. The largest absolute Gasteiger partial charge is 0.310 e. The van der Waals surface area contributed by atoms with Gasteiger partial charge in [0.2, 0.25) is 0 Å². The van der Waals surface area contributed by atoms with Crippen molar-refractivity contribution in [3.63, 3.8) is 0 Å². The van der Waals surface area contributed by atoms with Gasteiger partial charge in [-0.05, 0) is 31.2 Å². The Labute approximate surface area is 96.2 Å². The van der Waals surface area contributed by atoms with Gasteiger partial charge in [0.1, 0.15) is 0 Å². The summed E-state index contributed by atoms with van der Waals surface area (Å²) in [5, 5.41) is 8.14. The van der Waals surface area contributed by atoms with Crippen molar-refractivity contribution in [3.05, 3.63) is 29.8 Å². The Kier molecular flexibility index (Phi) is 4.28. The second-order valence-corrected chi connectivity index (χ2v) is 4.85. The predicted octanol–water partition coefficient (Wildman–Crippen LogP) is 0.972. The topological polar surface area (TPSA) is 84.2 Å². The average molecular weight is 243 g/mol. The summed E-state index contributed by atoms with van der Waals surface area (Å²) in [7, 11) is -3.70. The van der Waals surface area contributed by atoms with Crippen LogP contribution >= 0.6 is 0 Å². The van der Waals surface area contributed by atoms with Crippen LogP contribution in [0.4, 0.5) is 5.69 Å². The van der Waals surface area contributed by atoms with E-state index in [0.717, 1.165) is 12.1 Å². The third kappa shape index (κ3) is 4.18. The molecule has 1 unspecified atom stereocenters. The second kappa shape index (κ2) is 5.29. The number of nitrogens with two attached hydrogens (primary N) is 1. The first-order valence-corrected chi connectivity index (χ1v) is 6.61. The molecule has 16 heavy (non-hydrogen) atoms. The molecule has 1 aromatic rings. The van der Waals surface area contributed by atoms with E-state index in [1.54, 1.807) is 18.2 Å². The van der Waals surface area contributed by atoms with Gasteiger partial charge in [0.25, 0.3) is 10.2 Å². The van der Waals surface area contributed by atoms with E-state index >= 15 is 0 Å². The Bertz CT molecular complexity index is 445. The van der Waals surface area contributed by atoms with E-state index in [4.69, 9.17) is 5.14 Å². The van der Waals surface area contributed by atoms with Crippen molar-refractivity contribution in [2.24, 2.45) is 5.14 Å². The van der Waals surface area contributed by atoms with E-state index in [-0.39, 0.29) is 6.04 Å². The maximum absolute atomic E-state index is 10.9. The molecule has 0 saturated carbocycles. The van der Waals surface area contributed by atoms with Crippen molar-refractivity contribution in [1.82, 2.24) is 5.32 Å². The van der Waals surface area contributed by atoms with Gasteiger partial charge in [0, 0.05) is 6.04 Å². The maximum atomic E-state index is 10.9. The van der Waals surface area contributed by atoms with Gasteiger partial charge in [-0.25, -0.2) is 5.14 Å². The maximum Gasteiger partial charge on any atom is 0.296 e. The van der Waals surface area contributed by atoms with Crippen LogP contribution in [0, 0.1) is 0 Å². The van der Waals surface area contributed by atoms with Crippen molar-refractivity contribution in [3.8, 4) is 0 Å². The number of rotatable bonds is 5. The van der Waals surface area contributed by atoms with Crippen molar-refractivity contribution < 1.29 is 8.42 Å². The molecule has 0 bridgehead atoms. The molecule has 0 aliphatic heterocycles. The van der Waals surface area contributed by atoms with E-state index in [1.807, 2.05) is 19.9 Å². The van der Waals surface area contributed by atoms with Gasteiger partial charge in [0.05, 0.1) is 5.69 Å². The highest BCUT2D eigenvalue weighted by Crippen LogP contribution is 2.17. The molecule has 0 amide bonds. The van der Waals surface area contributed by atoms with Crippen LogP contribution in [0.3, 0.4) is 0 Å². The lowest BCUT2D eigenvalue weighted by atomic mass is 10.1. The summed E-state index contributed by atoms with van der Waals surface area (Å²) < 4.78 is 24.0. The van der Waals surface area contributed by atoms with E-state index in [1.165, 1.54) is 0 Å². The zero-order valence-corrected chi connectivity index (χ0v) is 10.2. The second-order valence-electron chi connectivity index (χ2n) is 3.55. The normalized spacial score (nSPS) is 13.4. The Hall–Kier alpha value is -1.11. The SMILES string of the molecule is CCNC(C)c1cccc(NS(N)(=O)=O)c1. The van der Waals surface area contributed by atoms with Gasteiger partial charge < -0.3 is 5.32 Å². The van der Waals surface area contributed by atoms with Crippen LogP contribution < -0.4 is 15.2 Å². The Morgan fingerprint density at radius 2 is 2.12 bits per heavy atom. The van der Waals surface area contributed by atoms with Crippen LogP contribution in [-0.4, -0.2) is 15.0 Å². The summed E-state index contributed by atoms with van der Waals surface area (Å²) in [6, 6.07) is 7.31. The molecule has 4 N–H and O–H groups in total.